The maximum atomic E-state index is 10.8. The standard InChI is InChI=1S/C19H22BNO5/c1-20-19-16(18(26-20)13-21(22)23)9-5-10-17(19)25-12-6-11-24-14-15-7-3-2-4-8-15/h2-5,7-10,18H,6,11-14H2,1H3. The van der Waals surface area contributed by atoms with Gasteiger partial charge in [-0.05, 0) is 22.7 Å². The van der Waals surface area contributed by atoms with Gasteiger partial charge in [0.1, 0.15) is 11.9 Å². The number of benzene rings is 2. The lowest BCUT2D eigenvalue weighted by atomic mass is 9.63. The summed E-state index contributed by atoms with van der Waals surface area (Å²) in [6, 6.07) is 15.7. The van der Waals surface area contributed by atoms with Crippen LogP contribution in [0.25, 0.3) is 0 Å². The average Bonchev–Trinajstić information content (AvgIpc) is 2.95. The summed E-state index contributed by atoms with van der Waals surface area (Å²) in [6.45, 7) is 3.19. The molecule has 0 saturated carbocycles. The number of hydrogen-bond acceptors (Lipinski definition) is 5. The minimum Gasteiger partial charge on any atom is -0.494 e. The zero-order valence-corrected chi connectivity index (χ0v) is 14.8. The molecule has 0 saturated heterocycles. The Labute approximate surface area is 153 Å². The summed E-state index contributed by atoms with van der Waals surface area (Å²) in [4.78, 5) is 10.5. The number of ether oxygens (including phenoxy) is 2. The van der Waals surface area contributed by atoms with Gasteiger partial charge >= 0.3 is 6.92 Å². The molecule has 6 nitrogen and oxygen atoms in total. The Morgan fingerprint density at radius 3 is 2.73 bits per heavy atom. The molecule has 0 aliphatic carbocycles. The Balaban J connectivity index is 1.48. The van der Waals surface area contributed by atoms with Crippen LogP contribution in [0.15, 0.2) is 48.5 Å². The highest BCUT2D eigenvalue weighted by molar-refractivity contribution is 6.68. The molecule has 1 heterocycles. The second kappa shape index (κ2) is 8.83. The fraction of sp³-hybridized carbons (Fsp3) is 0.368. The van der Waals surface area contributed by atoms with E-state index < -0.39 is 6.10 Å². The third kappa shape index (κ3) is 4.62. The summed E-state index contributed by atoms with van der Waals surface area (Å²) in [5.41, 5.74) is 2.92. The van der Waals surface area contributed by atoms with Crippen molar-refractivity contribution in [3.63, 3.8) is 0 Å². The molecule has 0 bridgehead atoms. The molecule has 3 rings (SSSR count). The van der Waals surface area contributed by atoms with Crippen molar-refractivity contribution >= 4 is 12.4 Å². The molecule has 0 N–H and O–H groups in total. The van der Waals surface area contributed by atoms with Crippen LogP contribution in [0.4, 0.5) is 0 Å². The molecule has 0 fully saturated rings. The lowest BCUT2D eigenvalue weighted by Gasteiger charge is -2.12. The minimum atomic E-state index is -0.507. The summed E-state index contributed by atoms with van der Waals surface area (Å²) >= 11 is 0. The molecule has 0 amide bonds. The van der Waals surface area contributed by atoms with E-state index in [1.54, 1.807) is 0 Å². The lowest BCUT2D eigenvalue weighted by molar-refractivity contribution is -0.490. The molecule has 7 heteroatoms. The number of hydrogen-bond donors (Lipinski definition) is 0. The molecule has 0 radical (unpaired) electrons. The Morgan fingerprint density at radius 1 is 1.15 bits per heavy atom. The first-order chi connectivity index (χ1) is 12.6. The van der Waals surface area contributed by atoms with Crippen molar-refractivity contribution in [2.75, 3.05) is 19.8 Å². The summed E-state index contributed by atoms with van der Waals surface area (Å²) < 4.78 is 17.3. The predicted molar refractivity (Wildman–Crippen MR) is 99.6 cm³/mol. The molecule has 0 spiro atoms. The van der Waals surface area contributed by atoms with Crippen LogP contribution in [0.1, 0.15) is 23.7 Å². The second-order valence-corrected chi connectivity index (χ2v) is 6.28. The van der Waals surface area contributed by atoms with Gasteiger partial charge in [0.15, 0.2) is 0 Å². The van der Waals surface area contributed by atoms with Gasteiger partial charge in [-0.25, -0.2) is 0 Å². The van der Waals surface area contributed by atoms with E-state index in [0.717, 1.165) is 28.8 Å². The second-order valence-electron chi connectivity index (χ2n) is 6.28. The Bertz CT molecular complexity index is 740. The third-order valence-electron chi connectivity index (χ3n) is 4.34. The monoisotopic (exact) mass is 355 g/mol. The maximum absolute atomic E-state index is 10.8. The largest absolute Gasteiger partial charge is 0.494 e. The van der Waals surface area contributed by atoms with E-state index >= 15 is 0 Å². The molecular formula is C19H22BNO5. The van der Waals surface area contributed by atoms with E-state index in [0.29, 0.717) is 19.8 Å². The van der Waals surface area contributed by atoms with Crippen molar-refractivity contribution in [2.24, 2.45) is 0 Å². The summed E-state index contributed by atoms with van der Waals surface area (Å²) in [6.07, 6.45) is 0.261. The van der Waals surface area contributed by atoms with Gasteiger partial charge < -0.3 is 14.1 Å². The molecule has 1 atom stereocenters. The average molecular weight is 355 g/mol. The first kappa shape index (κ1) is 18.4. The zero-order valence-electron chi connectivity index (χ0n) is 14.8. The van der Waals surface area contributed by atoms with Gasteiger partial charge in [-0.2, -0.15) is 0 Å². The van der Waals surface area contributed by atoms with Gasteiger partial charge in [0.25, 0.3) is 0 Å². The van der Waals surface area contributed by atoms with Crippen molar-refractivity contribution in [2.45, 2.75) is 26.0 Å². The lowest BCUT2D eigenvalue weighted by Crippen LogP contribution is -2.26. The Kier molecular flexibility index (Phi) is 6.25. The van der Waals surface area contributed by atoms with Crippen molar-refractivity contribution < 1.29 is 19.1 Å². The first-order valence-electron chi connectivity index (χ1n) is 8.79. The Morgan fingerprint density at radius 2 is 1.96 bits per heavy atom. The van der Waals surface area contributed by atoms with E-state index in [4.69, 9.17) is 14.1 Å². The van der Waals surface area contributed by atoms with Crippen molar-refractivity contribution in [1.82, 2.24) is 0 Å². The molecule has 2 aromatic carbocycles. The molecule has 1 unspecified atom stereocenters. The van der Waals surface area contributed by atoms with Gasteiger partial charge in [0, 0.05) is 11.3 Å². The van der Waals surface area contributed by atoms with Crippen LogP contribution in [0.5, 0.6) is 5.75 Å². The van der Waals surface area contributed by atoms with Gasteiger partial charge in [-0.3, -0.25) is 10.1 Å². The van der Waals surface area contributed by atoms with Crippen LogP contribution in [0, 0.1) is 10.1 Å². The van der Waals surface area contributed by atoms with E-state index in [2.05, 4.69) is 0 Å². The number of rotatable bonds is 9. The van der Waals surface area contributed by atoms with Gasteiger partial charge in [0.05, 0.1) is 19.8 Å². The molecule has 1 aliphatic heterocycles. The first-order valence-corrected chi connectivity index (χ1v) is 8.79. The van der Waals surface area contributed by atoms with Crippen LogP contribution in [-0.2, 0) is 16.0 Å². The maximum Gasteiger partial charge on any atom is 0.328 e. The summed E-state index contributed by atoms with van der Waals surface area (Å²) in [5, 5.41) is 10.8. The normalized spacial score (nSPS) is 15.7. The Hall–Kier alpha value is -2.38. The van der Waals surface area contributed by atoms with Crippen LogP contribution in [0.2, 0.25) is 6.82 Å². The van der Waals surface area contributed by atoms with E-state index in [1.807, 2.05) is 55.4 Å². The zero-order chi connectivity index (χ0) is 18.4. The predicted octanol–water partition coefficient (Wildman–Crippen LogP) is 2.85. The van der Waals surface area contributed by atoms with Gasteiger partial charge in [-0.15, -0.1) is 0 Å². The van der Waals surface area contributed by atoms with Crippen LogP contribution in [-0.4, -0.2) is 31.6 Å². The highest BCUT2D eigenvalue weighted by atomic mass is 16.6. The molecule has 0 aromatic heterocycles. The third-order valence-corrected chi connectivity index (χ3v) is 4.34. The molecule has 136 valence electrons. The molecule has 26 heavy (non-hydrogen) atoms. The summed E-state index contributed by atoms with van der Waals surface area (Å²) in [5.74, 6) is 0.740. The fourth-order valence-electron chi connectivity index (χ4n) is 3.17. The SMILES string of the molecule is CB1OC(C[N+](=O)[O-])c2cccc(OCCCOCc3ccccc3)c21. The minimum absolute atomic E-state index is 0.208. The van der Waals surface area contributed by atoms with Gasteiger partial charge in [-0.1, -0.05) is 49.3 Å². The van der Waals surface area contributed by atoms with Crippen LogP contribution < -0.4 is 10.2 Å². The van der Waals surface area contributed by atoms with E-state index in [1.165, 1.54) is 0 Å². The number of fused-ring (bicyclic) bond motifs is 1. The van der Waals surface area contributed by atoms with E-state index in [-0.39, 0.29) is 18.4 Å². The smallest absolute Gasteiger partial charge is 0.328 e. The summed E-state index contributed by atoms with van der Waals surface area (Å²) in [7, 11) is 0. The van der Waals surface area contributed by atoms with E-state index in [9.17, 15) is 10.1 Å². The van der Waals surface area contributed by atoms with Crippen LogP contribution >= 0.6 is 0 Å². The molecular weight excluding hydrogens is 333 g/mol. The quantitative estimate of drug-likeness (QED) is 0.299. The van der Waals surface area contributed by atoms with Crippen molar-refractivity contribution in [3.05, 3.63) is 69.8 Å². The fourth-order valence-corrected chi connectivity index (χ4v) is 3.17. The van der Waals surface area contributed by atoms with Crippen molar-refractivity contribution in [3.8, 4) is 5.75 Å². The highest BCUT2D eigenvalue weighted by Gasteiger charge is 2.37. The van der Waals surface area contributed by atoms with Gasteiger partial charge in [0.2, 0.25) is 6.54 Å². The molecule has 1 aliphatic rings. The van der Waals surface area contributed by atoms with Crippen molar-refractivity contribution in [1.29, 1.82) is 0 Å². The number of nitrogens with zero attached hydrogens (tertiary/aromatic N) is 1. The number of nitro groups is 1. The molecule has 2 aromatic rings. The van der Waals surface area contributed by atoms with Crippen LogP contribution in [0.3, 0.4) is 0 Å². The topological polar surface area (TPSA) is 70.8 Å². The highest BCUT2D eigenvalue weighted by Crippen LogP contribution is 2.28.